The van der Waals surface area contributed by atoms with Crippen molar-refractivity contribution < 1.29 is 9.53 Å². The molecule has 0 aliphatic rings. The third kappa shape index (κ3) is 4.04. The van der Waals surface area contributed by atoms with E-state index >= 15 is 0 Å². The number of aromatic nitrogens is 2. The Balaban J connectivity index is 1.33. The minimum absolute atomic E-state index is 0.146. The molecule has 0 saturated heterocycles. The standard InChI is InChI=1S/C23H21N3O2/c1-17(28-22-11-8-19-4-2-3-5-20(19)14-22)23(27)25-15-18-6-9-21(10-7-18)26-13-12-24-16-26/h2-14,16-17H,15H2,1H3,(H,25,27). The molecule has 5 heteroatoms. The van der Waals surface area contributed by atoms with Crippen LogP contribution >= 0.6 is 0 Å². The van der Waals surface area contributed by atoms with Gasteiger partial charge in [-0.3, -0.25) is 4.79 Å². The van der Waals surface area contributed by atoms with Crippen molar-refractivity contribution in [2.75, 3.05) is 0 Å². The first-order chi connectivity index (χ1) is 13.7. The number of hydrogen-bond acceptors (Lipinski definition) is 3. The number of nitrogens with one attached hydrogen (secondary N) is 1. The minimum Gasteiger partial charge on any atom is -0.481 e. The second-order valence-electron chi connectivity index (χ2n) is 6.62. The molecule has 140 valence electrons. The molecule has 0 saturated carbocycles. The van der Waals surface area contributed by atoms with Gasteiger partial charge in [-0.2, -0.15) is 0 Å². The SMILES string of the molecule is CC(Oc1ccc2ccccc2c1)C(=O)NCc1ccc(-n2ccnc2)cc1. The molecule has 1 amide bonds. The molecule has 0 bridgehead atoms. The molecule has 5 nitrogen and oxygen atoms in total. The van der Waals surface area contributed by atoms with Crippen molar-refractivity contribution in [3.8, 4) is 11.4 Å². The first-order valence-electron chi connectivity index (χ1n) is 9.19. The third-order valence-corrected chi connectivity index (χ3v) is 4.61. The summed E-state index contributed by atoms with van der Waals surface area (Å²) >= 11 is 0. The van der Waals surface area contributed by atoms with Crippen LogP contribution in [0.15, 0.2) is 85.5 Å². The molecule has 4 aromatic rings. The minimum atomic E-state index is -0.577. The van der Waals surface area contributed by atoms with Gasteiger partial charge >= 0.3 is 0 Å². The molecule has 1 heterocycles. The molecule has 1 aromatic heterocycles. The fourth-order valence-electron chi connectivity index (χ4n) is 3.03. The molecule has 3 aromatic carbocycles. The Morgan fingerprint density at radius 1 is 1.07 bits per heavy atom. The summed E-state index contributed by atoms with van der Waals surface area (Å²) in [5.41, 5.74) is 2.05. The van der Waals surface area contributed by atoms with Crippen molar-refractivity contribution >= 4 is 16.7 Å². The maximum atomic E-state index is 12.4. The molecule has 1 atom stereocenters. The van der Waals surface area contributed by atoms with Gasteiger partial charge in [0.05, 0.1) is 6.33 Å². The van der Waals surface area contributed by atoms with Crippen LogP contribution in [0.4, 0.5) is 0 Å². The number of rotatable bonds is 6. The van der Waals surface area contributed by atoms with Crippen LogP contribution in [0.1, 0.15) is 12.5 Å². The Morgan fingerprint density at radius 2 is 1.86 bits per heavy atom. The Kier molecular flexibility index (Phi) is 5.06. The van der Waals surface area contributed by atoms with Gasteiger partial charge in [-0.25, -0.2) is 4.98 Å². The average Bonchev–Trinajstić information content (AvgIpc) is 3.27. The van der Waals surface area contributed by atoms with Crippen molar-refractivity contribution in [2.24, 2.45) is 0 Å². The lowest BCUT2D eigenvalue weighted by atomic mass is 10.1. The second-order valence-corrected chi connectivity index (χ2v) is 6.62. The van der Waals surface area contributed by atoms with Crippen LogP contribution in [-0.4, -0.2) is 21.6 Å². The highest BCUT2D eigenvalue weighted by Crippen LogP contribution is 2.21. The highest BCUT2D eigenvalue weighted by molar-refractivity contribution is 5.84. The van der Waals surface area contributed by atoms with Crippen LogP contribution in [0, 0.1) is 0 Å². The quantitative estimate of drug-likeness (QED) is 0.555. The molecular weight excluding hydrogens is 350 g/mol. The van der Waals surface area contributed by atoms with Gasteiger partial charge in [-0.15, -0.1) is 0 Å². The van der Waals surface area contributed by atoms with Crippen LogP contribution in [-0.2, 0) is 11.3 Å². The highest BCUT2D eigenvalue weighted by atomic mass is 16.5. The van der Waals surface area contributed by atoms with Crippen molar-refractivity contribution in [2.45, 2.75) is 19.6 Å². The van der Waals surface area contributed by atoms with E-state index in [0.29, 0.717) is 12.3 Å². The topological polar surface area (TPSA) is 56.1 Å². The first kappa shape index (κ1) is 17.8. The van der Waals surface area contributed by atoms with Crippen LogP contribution in [0.3, 0.4) is 0 Å². The first-order valence-corrected chi connectivity index (χ1v) is 9.19. The highest BCUT2D eigenvalue weighted by Gasteiger charge is 2.14. The lowest BCUT2D eigenvalue weighted by Crippen LogP contribution is -2.35. The van der Waals surface area contributed by atoms with Gasteiger partial charge in [-0.05, 0) is 47.5 Å². The number of nitrogens with zero attached hydrogens (tertiary/aromatic N) is 2. The number of imidazole rings is 1. The smallest absolute Gasteiger partial charge is 0.261 e. The molecule has 0 radical (unpaired) electrons. The molecule has 1 unspecified atom stereocenters. The van der Waals surface area contributed by atoms with E-state index in [0.717, 1.165) is 22.0 Å². The van der Waals surface area contributed by atoms with Gasteiger partial charge in [0, 0.05) is 24.6 Å². The van der Waals surface area contributed by atoms with E-state index < -0.39 is 6.10 Å². The largest absolute Gasteiger partial charge is 0.481 e. The zero-order chi connectivity index (χ0) is 19.3. The number of ether oxygens (including phenoxy) is 1. The van der Waals surface area contributed by atoms with Crippen molar-refractivity contribution in [1.82, 2.24) is 14.9 Å². The Hall–Kier alpha value is -3.60. The summed E-state index contributed by atoms with van der Waals surface area (Å²) in [6.45, 7) is 2.21. The van der Waals surface area contributed by atoms with Crippen LogP contribution < -0.4 is 10.1 Å². The molecule has 4 rings (SSSR count). The number of benzene rings is 3. The number of fused-ring (bicyclic) bond motifs is 1. The average molecular weight is 371 g/mol. The van der Waals surface area contributed by atoms with Gasteiger partial charge in [-0.1, -0.05) is 42.5 Å². The van der Waals surface area contributed by atoms with E-state index in [1.54, 1.807) is 19.4 Å². The van der Waals surface area contributed by atoms with Crippen molar-refractivity contribution in [3.05, 3.63) is 91.0 Å². The molecule has 0 aliphatic heterocycles. The molecule has 28 heavy (non-hydrogen) atoms. The van der Waals surface area contributed by atoms with Crippen LogP contribution in [0.5, 0.6) is 5.75 Å². The van der Waals surface area contributed by atoms with E-state index in [-0.39, 0.29) is 5.91 Å². The fraction of sp³-hybridized carbons (Fsp3) is 0.130. The Morgan fingerprint density at radius 3 is 2.61 bits per heavy atom. The van der Waals surface area contributed by atoms with Gasteiger partial charge in [0.25, 0.3) is 5.91 Å². The van der Waals surface area contributed by atoms with Gasteiger partial charge < -0.3 is 14.6 Å². The van der Waals surface area contributed by atoms with E-state index in [9.17, 15) is 4.79 Å². The van der Waals surface area contributed by atoms with E-state index in [1.165, 1.54) is 0 Å². The van der Waals surface area contributed by atoms with Gasteiger partial charge in [0.2, 0.25) is 0 Å². The van der Waals surface area contributed by atoms with Gasteiger partial charge in [0.15, 0.2) is 6.10 Å². The molecule has 0 fully saturated rings. The van der Waals surface area contributed by atoms with Crippen molar-refractivity contribution in [3.63, 3.8) is 0 Å². The van der Waals surface area contributed by atoms with E-state index in [2.05, 4.69) is 10.3 Å². The number of hydrogen-bond donors (Lipinski definition) is 1. The molecule has 0 spiro atoms. The summed E-state index contributed by atoms with van der Waals surface area (Å²) in [7, 11) is 0. The molecular formula is C23H21N3O2. The number of amides is 1. The summed E-state index contributed by atoms with van der Waals surface area (Å²) in [4.78, 5) is 16.4. The molecule has 1 N–H and O–H groups in total. The molecule has 0 aliphatic carbocycles. The normalized spacial score (nSPS) is 11.9. The van der Waals surface area contributed by atoms with Crippen molar-refractivity contribution in [1.29, 1.82) is 0 Å². The Labute approximate surface area is 163 Å². The van der Waals surface area contributed by atoms with E-state index in [1.807, 2.05) is 77.5 Å². The second kappa shape index (κ2) is 7.96. The summed E-state index contributed by atoms with van der Waals surface area (Å²) in [5.74, 6) is 0.540. The summed E-state index contributed by atoms with van der Waals surface area (Å²) < 4.78 is 7.75. The number of carbonyl (C=O) groups excluding carboxylic acids is 1. The van der Waals surface area contributed by atoms with Gasteiger partial charge in [0.1, 0.15) is 5.75 Å². The van der Waals surface area contributed by atoms with Crippen LogP contribution in [0.2, 0.25) is 0 Å². The fourth-order valence-corrected chi connectivity index (χ4v) is 3.03. The zero-order valence-corrected chi connectivity index (χ0v) is 15.6. The summed E-state index contributed by atoms with van der Waals surface area (Å²) in [5, 5.41) is 5.16. The lowest BCUT2D eigenvalue weighted by Gasteiger charge is -2.15. The predicted octanol–water partition coefficient (Wildman–Crippen LogP) is 4.11. The summed E-state index contributed by atoms with van der Waals surface area (Å²) in [6, 6.07) is 21.9. The lowest BCUT2D eigenvalue weighted by molar-refractivity contribution is -0.127. The Bertz CT molecular complexity index is 1070. The maximum absolute atomic E-state index is 12.4. The van der Waals surface area contributed by atoms with Crippen LogP contribution in [0.25, 0.3) is 16.5 Å². The summed E-state index contributed by atoms with van der Waals surface area (Å²) in [6.07, 6.45) is 4.81. The zero-order valence-electron chi connectivity index (χ0n) is 15.6. The maximum Gasteiger partial charge on any atom is 0.261 e. The predicted molar refractivity (Wildman–Crippen MR) is 109 cm³/mol. The monoisotopic (exact) mass is 371 g/mol. The number of carbonyl (C=O) groups is 1. The third-order valence-electron chi connectivity index (χ3n) is 4.61. The van der Waals surface area contributed by atoms with E-state index in [4.69, 9.17) is 4.74 Å².